The van der Waals surface area contributed by atoms with Gasteiger partial charge in [-0.15, -0.1) is 0 Å². The van der Waals surface area contributed by atoms with Gasteiger partial charge in [-0.1, -0.05) is 146 Å². The lowest BCUT2D eigenvalue weighted by Gasteiger charge is -2.27. The van der Waals surface area contributed by atoms with Crippen LogP contribution in [0.2, 0.25) is 0 Å². The quantitative estimate of drug-likeness (QED) is 0.170. The fourth-order valence-corrected chi connectivity index (χ4v) is 8.80. The van der Waals surface area contributed by atoms with E-state index in [0.29, 0.717) is 0 Å². The second-order valence-corrected chi connectivity index (χ2v) is 14.8. The van der Waals surface area contributed by atoms with Crippen molar-refractivity contribution in [2.24, 2.45) is 0 Å². The second-order valence-electron chi connectivity index (χ2n) is 14.8. The Balaban J connectivity index is 0.987. The zero-order valence-electron chi connectivity index (χ0n) is 31.2. The highest BCUT2D eigenvalue weighted by Gasteiger charge is 2.23. The van der Waals surface area contributed by atoms with E-state index in [1.165, 1.54) is 0 Å². The minimum atomic E-state index is 0.838. The molecule has 12 aromatic rings. The van der Waals surface area contributed by atoms with Gasteiger partial charge >= 0.3 is 0 Å². The first-order valence-electron chi connectivity index (χ1n) is 19.6. The summed E-state index contributed by atoms with van der Waals surface area (Å²) in [6, 6.07) is 70.0. The first-order valence-corrected chi connectivity index (χ1v) is 19.6. The molecule has 0 aliphatic carbocycles. The molecular formula is C54H33NO3. The highest BCUT2D eigenvalue weighted by atomic mass is 16.3. The van der Waals surface area contributed by atoms with Gasteiger partial charge in [0.25, 0.3) is 0 Å². The number of nitrogens with zero attached hydrogens (tertiary/aromatic N) is 1. The normalized spacial score (nSPS) is 11.8. The van der Waals surface area contributed by atoms with E-state index in [-0.39, 0.29) is 0 Å². The number of hydrogen-bond donors (Lipinski definition) is 0. The smallest absolute Gasteiger partial charge is 0.159 e. The fourth-order valence-electron chi connectivity index (χ4n) is 8.80. The van der Waals surface area contributed by atoms with Crippen molar-refractivity contribution in [1.82, 2.24) is 0 Å². The third-order valence-electron chi connectivity index (χ3n) is 11.5. The number of hydrogen-bond acceptors (Lipinski definition) is 4. The predicted molar refractivity (Wildman–Crippen MR) is 239 cm³/mol. The van der Waals surface area contributed by atoms with Gasteiger partial charge in [0.05, 0.1) is 11.4 Å². The molecule has 272 valence electrons. The number of fused-ring (bicyclic) bond motifs is 9. The van der Waals surface area contributed by atoms with Gasteiger partial charge in [0.15, 0.2) is 5.58 Å². The molecule has 0 radical (unpaired) electrons. The Morgan fingerprint density at radius 1 is 0.276 bits per heavy atom. The van der Waals surface area contributed by atoms with E-state index in [9.17, 15) is 0 Å². The van der Waals surface area contributed by atoms with E-state index in [2.05, 4.69) is 193 Å². The van der Waals surface area contributed by atoms with Gasteiger partial charge in [0, 0.05) is 54.7 Å². The van der Waals surface area contributed by atoms with Crippen molar-refractivity contribution >= 4 is 82.9 Å². The van der Waals surface area contributed by atoms with E-state index < -0.39 is 0 Å². The third-order valence-corrected chi connectivity index (χ3v) is 11.5. The molecule has 3 heterocycles. The molecule has 0 saturated heterocycles. The first kappa shape index (κ1) is 32.4. The van der Waals surface area contributed by atoms with Crippen LogP contribution in [0.25, 0.3) is 99.2 Å². The van der Waals surface area contributed by atoms with Crippen LogP contribution in [-0.2, 0) is 0 Å². The molecule has 0 fully saturated rings. The summed E-state index contributed by atoms with van der Waals surface area (Å²) in [5.41, 5.74) is 14.8. The van der Waals surface area contributed by atoms with Gasteiger partial charge in [-0.05, 0) is 71.3 Å². The van der Waals surface area contributed by atoms with Crippen LogP contribution in [-0.4, -0.2) is 0 Å². The predicted octanol–water partition coefficient (Wildman–Crippen LogP) is 15.9. The number of para-hydroxylation sites is 6. The molecule has 12 rings (SSSR count). The van der Waals surface area contributed by atoms with Gasteiger partial charge in [-0.2, -0.15) is 0 Å². The molecule has 0 bridgehead atoms. The van der Waals surface area contributed by atoms with Crippen molar-refractivity contribution in [3.63, 3.8) is 0 Å². The molecule has 0 atom stereocenters. The Kier molecular flexibility index (Phi) is 7.20. The summed E-state index contributed by atoms with van der Waals surface area (Å²) >= 11 is 0. The van der Waals surface area contributed by atoms with Crippen LogP contribution >= 0.6 is 0 Å². The molecule has 0 unspecified atom stereocenters. The van der Waals surface area contributed by atoms with E-state index in [4.69, 9.17) is 13.3 Å². The van der Waals surface area contributed by atoms with E-state index >= 15 is 0 Å². The maximum Gasteiger partial charge on any atom is 0.159 e. The van der Waals surface area contributed by atoms with Gasteiger partial charge in [-0.25, -0.2) is 0 Å². The molecule has 3 aromatic heterocycles. The van der Waals surface area contributed by atoms with Crippen LogP contribution in [0.15, 0.2) is 213 Å². The highest BCUT2D eigenvalue weighted by molar-refractivity contribution is 6.16. The van der Waals surface area contributed by atoms with Crippen molar-refractivity contribution in [3.8, 4) is 33.4 Å². The molecule has 4 nitrogen and oxygen atoms in total. The average molecular weight is 744 g/mol. The minimum absolute atomic E-state index is 0.838. The molecule has 58 heavy (non-hydrogen) atoms. The van der Waals surface area contributed by atoms with Crippen LogP contribution in [0.4, 0.5) is 17.1 Å². The zero-order valence-corrected chi connectivity index (χ0v) is 31.2. The Bertz CT molecular complexity index is 3520. The number of rotatable bonds is 6. The Morgan fingerprint density at radius 3 is 1.43 bits per heavy atom. The molecule has 0 spiro atoms. The number of anilines is 3. The molecular weight excluding hydrogens is 711 g/mol. The topological polar surface area (TPSA) is 42.7 Å². The van der Waals surface area contributed by atoms with Gasteiger partial charge in [-0.3, -0.25) is 0 Å². The average Bonchev–Trinajstić information content (AvgIpc) is 3.99. The van der Waals surface area contributed by atoms with E-state index in [1.54, 1.807) is 0 Å². The molecule has 0 amide bonds. The van der Waals surface area contributed by atoms with Crippen molar-refractivity contribution in [3.05, 3.63) is 200 Å². The zero-order chi connectivity index (χ0) is 38.2. The number of furan rings is 3. The summed E-state index contributed by atoms with van der Waals surface area (Å²) in [5, 5.41) is 6.48. The highest BCUT2D eigenvalue weighted by Crippen LogP contribution is 2.46. The van der Waals surface area contributed by atoms with Crippen molar-refractivity contribution in [1.29, 1.82) is 0 Å². The fraction of sp³-hybridized carbons (Fsp3) is 0. The van der Waals surface area contributed by atoms with Crippen LogP contribution in [0.1, 0.15) is 0 Å². The SMILES string of the molecule is c1ccc(-c2ccccc2N(c2ccccc2)c2cccc3c2oc2ccc(-c4ccc5oc6c(-c7cccc8c7oc7ccccc78)cccc6c5c4)cc23)cc1. The Hall–Kier alpha value is -7.82. The summed E-state index contributed by atoms with van der Waals surface area (Å²) in [4.78, 5) is 2.31. The van der Waals surface area contributed by atoms with Crippen molar-refractivity contribution < 1.29 is 13.3 Å². The third kappa shape index (κ3) is 5.02. The van der Waals surface area contributed by atoms with Crippen LogP contribution in [0.3, 0.4) is 0 Å². The summed E-state index contributed by atoms with van der Waals surface area (Å²) in [6.07, 6.45) is 0. The number of benzene rings is 9. The van der Waals surface area contributed by atoms with Gasteiger partial charge in [0.1, 0.15) is 27.9 Å². The lowest BCUT2D eigenvalue weighted by atomic mass is 9.98. The standard InChI is InChI=1S/C54H33NO3/c1-3-14-34(15-4-1)38-18-7-9-25-47(38)55(37-16-5-2-6-17-37)48-26-13-24-44-46-33-36(29-31-51(46)58-54(44)48)35-28-30-50-45(32-35)43-23-12-22-42(53(43)57-50)41-21-11-20-40-39-19-8-10-27-49(39)56-52(40)41/h1-33H. The maximum atomic E-state index is 6.80. The first-order chi connectivity index (χ1) is 28.8. The van der Waals surface area contributed by atoms with Crippen molar-refractivity contribution in [2.45, 2.75) is 0 Å². The molecule has 0 aliphatic rings. The largest absolute Gasteiger partial charge is 0.455 e. The van der Waals surface area contributed by atoms with Crippen molar-refractivity contribution in [2.75, 3.05) is 4.90 Å². The maximum absolute atomic E-state index is 6.80. The summed E-state index contributed by atoms with van der Waals surface area (Å²) in [6.45, 7) is 0. The minimum Gasteiger partial charge on any atom is -0.455 e. The Labute approximate surface area is 333 Å². The lowest BCUT2D eigenvalue weighted by molar-refractivity contribution is 0.665. The van der Waals surface area contributed by atoms with Gasteiger partial charge in [0.2, 0.25) is 0 Å². The summed E-state index contributed by atoms with van der Waals surface area (Å²) in [5.74, 6) is 0. The molecule has 0 aliphatic heterocycles. The molecule has 4 heteroatoms. The summed E-state index contributed by atoms with van der Waals surface area (Å²) < 4.78 is 19.9. The van der Waals surface area contributed by atoms with Crippen LogP contribution in [0, 0.1) is 0 Å². The second kappa shape index (κ2) is 12.9. The van der Waals surface area contributed by atoms with Crippen LogP contribution in [0.5, 0.6) is 0 Å². The van der Waals surface area contributed by atoms with E-state index in [1.807, 2.05) is 12.1 Å². The van der Waals surface area contributed by atoms with Crippen LogP contribution < -0.4 is 4.90 Å². The Morgan fingerprint density at radius 2 is 0.741 bits per heavy atom. The summed E-state index contributed by atoms with van der Waals surface area (Å²) in [7, 11) is 0. The molecule has 9 aromatic carbocycles. The monoisotopic (exact) mass is 743 g/mol. The molecule has 0 saturated carbocycles. The lowest BCUT2D eigenvalue weighted by Crippen LogP contribution is -2.11. The van der Waals surface area contributed by atoms with E-state index in [0.717, 1.165) is 116 Å². The molecule has 0 N–H and O–H groups in total. The van der Waals surface area contributed by atoms with Gasteiger partial charge < -0.3 is 18.2 Å².